The molecule has 0 spiro atoms. The number of carbonyl (C=O) groups excluding carboxylic acids is 1. The number of halogens is 2. The van der Waals surface area contributed by atoms with Gasteiger partial charge in [-0.1, -0.05) is 19.1 Å². The van der Waals surface area contributed by atoms with Crippen molar-refractivity contribution in [2.24, 2.45) is 5.73 Å². The number of carbonyl (C=O) groups is 1. The van der Waals surface area contributed by atoms with E-state index in [2.05, 4.69) is 36.1 Å². The summed E-state index contributed by atoms with van der Waals surface area (Å²) in [6.07, 6.45) is 0.705. The van der Waals surface area contributed by atoms with Gasteiger partial charge in [0.05, 0.1) is 6.04 Å². The number of piperazine rings is 1. The average molecular weight is 334 g/mol. The van der Waals surface area contributed by atoms with Crippen LogP contribution in [-0.2, 0) is 4.79 Å². The number of anilines is 1. The number of amides is 1. The first kappa shape index (κ1) is 20.0. The fourth-order valence-corrected chi connectivity index (χ4v) is 2.42. The molecule has 1 fully saturated rings. The molecule has 1 saturated heterocycles. The highest BCUT2D eigenvalue weighted by Gasteiger charge is 2.24. The molecule has 4 nitrogen and oxygen atoms in total. The molecule has 0 radical (unpaired) electrons. The van der Waals surface area contributed by atoms with Gasteiger partial charge in [0.25, 0.3) is 0 Å². The Labute approximate surface area is 139 Å². The second kappa shape index (κ2) is 9.13. The number of rotatable bonds is 3. The first-order chi connectivity index (χ1) is 9.11. The molecule has 1 aromatic carbocycles. The monoisotopic (exact) mass is 333 g/mol. The Bertz CT molecular complexity index is 448. The highest BCUT2D eigenvalue weighted by Crippen LogP contribution is 2.18. The van der Waals surface area contributed by atoms with E-state index in [1.807, 2.05) is 11.8 Å². The highest BCUT2D eigenvalue weighted by molar-refractivity contribution is 5.85. The van der Waals surface area contributed by atoms with Gasteiger partial charge in [-0.05, 0) is 31.0 Å². The van der Waals surface area contributed by atoms with Gasteiger partial charge in [-0.2, -0.15) is 0 Å². The first-order valence-electron chi connectivity index (χ1n) is 6.97. The van der Waals surface area contributed by atoms with Gasteiger partial charge < -0.3 is 15.5 Å². The fourth-order valence-electron chi connectivity index (χ4n) is 2.42. The third-order valence-corrected chi connectivity index (χ3v) is 3.72. The van der Waals surface area contributed by atoms with E-state index in [9.17, 15) is 4.79 Å². The van der Waals surface area contributed by atoms with E-state index in [0.29, 0.717) is 6.42 Å². The predicted octanol–water partition coefficient (Wildman–Crippen LogP) is 2.22. The first-order valence-corrected chi connectivity index (χ1v) is 6.97. The molecular weight excluding hydrogens is 309 g/mol. The van der Waals surface area contributed by atoms with Gasteiger partial charge in [-0.15, -0.1) is 24.8 Å². The van der Waals surface area contributed by atoms with E-state index in [0.717, 1.165) is 26.2 Å². The Morgan fingerprint density at radius 1 is 1.24 bits per heavy atom. The molecule has 2 rings (SSSR count). The summed E-state index contributed by atoms with van der Waals surface area (Å²) in [7, 11) is 0. The van der Waals surface area contributed by atoms with Crippen LogP contribution in [0.15, 0.2) is 24.3 Å². The molecule has 21 heavy (non-hydrogen) atoms. The van der Waals surface area contributed by atoms with Crippen molar-refractivity contribution < 1.29 is 4.79 Å². The van der Waals surface area contributed by atoms with E-state index in [1.54, 1.807) is 0 Å². The average Bonchev–Trinajstić information content (AvgIpc) is 2.46. The third-order valence-electron chi connectivity index (χ3n) is 3.72. The summed E-state index contributed by atoms with van der Waals surface area (Å²) < 4.78 is 0. The summed E-state index contributed by atoms with van der Waals surface area (Å²) >= 11 is 0. The van der Waals surface area contributed by atoms with Crippen LogP contribution < -0.4 is 10.6 Å². The lowest BCUT2D eigenvalue weighted by Crippen LogP contribution is -2.53. The van der Waals surface area contributed by atoms with Crippen LogP contribution in [0.3, 0.4) is 0 Å². The van der Waals surface area contributed by atoms with Gasteiger partial charge in [0.1, 0.15) is 0 Å². The van der Waals surface area contributed by atoms with Crippen LogP contribution in [0.2, 0.25) is 0 Å². The summed E-state index contributed by atoms with van der Waals surface area (Å²) in [5.41, 5.74) is 8.32. The standard InChI is InChI=1S/C15H23N3O.2ClH/c1-3-14(16)15(19)18-9-7-17(8-10-18)13-6-4-5-12(2)11-13;;/h4-6,11,14H,3,7-10,16H2,1-2H3;2*1H/t14-;;/m0../s1. The topological polar surface area (TPSA) is 49.6 Å². The van der Waals surface area contributed by atoms with Crippen LogP contribution in [0.25, 0.3) is 0 Å². The molecule has 1 amide bonds. The Hall–Kier alpha value is -0.970. The van der Waals surface area contributed by atoms with Crippen molar-refractivity contribution in [3.63, 3.8) is 0 Å². The van der Waals surface area contributed by atoms with Crippen molar-refractivity contribution in [1.29, 1.82) is 0 Å². The molecule has 1 aliphatic heterocycles. The SMILES string of the molecule is CC[C@H](N)C(=O)N1CCN(c2cccc(C)c2)CC1.Cl.Cl. The highest BCUT2D eigenvalue weighted by atomic mass is 35.5. The predicted molar refractivity (Wildman–Crippen MR) is 92.7 cm³/mol. The van der Waals surface area contributed by atoms with Crippen LogP contribution in [0, 0.1) is 6.92 Å². The van der Waals surface area contributed by atoms with Gasteiger partial charge >= 0.3 is 0 Å². The molecular formula is C15H25Cl2N3O. The molecule has 0 unspecified atom stereocenters. The molecule has 1 atom stereocenters. The second-order valence-corrected chi connectivity index (χ2v) is 5.17. The molecule has 1 aromatic rings. The van der Waals surface area contributed by atoms with E-state index in [4.69, 9.17) is 5.73 Å². The quantitative estimate of drug-likeness (QED) is 0.922. The fraction of sp³-hybridized carbons (Fsp3) is 0.533. The summed E-state index contributed by atoms with van der Waals surface area (Å²) in [5.74, 6) is 0.0893. The Kier molecular flexibility index (Phi) is 8.71. The van der Waals surface area contributed by atoms with Crippen molar-refractivity contribution in [2.75, 3.05) is 31.1 Å². The minimum Gasteiger partial charge on any atom is -0.368 e. The van der Waals surface area contributed by atoms with Crippen molar-refractivity contribution in [3.8, 4) is 0 Å². The van der Waals surface area contributed by atoms with Crippen LogP contribution in [0.4, 0.5) is 5.69 Å². The third kappa shape index (κ3) is 5.06. The maximum atomic E-state index is 12.0. The molecule has 0 bridgehead atoms. The van der Waals surface area contributed by atoms with Crippen LogP contribution in [0.5, 0.6) is 0 Å². The van der Waals surface area contributed by atoms with Crippen LogP contribution >= 0.6 is 24.8 Å². The number of nitrogens with zero attached hydrogens (tertiary/aromatic N) is 2. The van der Waals surface area contributed by atoms with Gasteiger partial charge in [-0.25, -0.2) is 0 Å². The molecule has 6 heteroatoms. The van der Waals surface area contributed by atoms with Crippen molar-refractivity contribution in [3.05, 3.63) is 29.8 Å². The van der Waals surface area contributed by atoms with E-state index >= 15 is 0 Å². The Morgan fingerprint density at radius 3 is 2.38 bits per heavy atom. The number of nitrogens with two attached hydrogens (primary N) is 1. The van der Waals surface area contributed by atoms with Crippen molar-refractivity contribution in [2.45, 2.75) is 26.3 Å². The smallest absolute Gasteiger partial charge is 0.239 e. The van der Waals surface area contributed by atoms with Gasteiger partial charge in [-0.3, -0.25) is 4.79 Å². The van der Waals surface area contributed by atoms with Crippen LogP contribution in [-0.4, -0.2) is 43.0 Å². The van der Waals surface area contributed by atoms with Crippen molar-refractivity contribution >= 4 is 36.4 Å². The number of hydrogen-bond acceptors (Lipinski definition) is 3. The second-order valence-electron chi connectivity index (χ2n) is 5.17. The summed E-state index contributed by atoms with van der Waals surface area (Å²) in [4.78, 5) is 16.2. The van der Waals surface area contributed by atoms with E-state index in [-0.39, 0.29) is 36.8 Å². The number of hydrogen-bond donors (Lipinski definition) is 1. The molecule has 1 heterocycles. The maximum Gasteiger partial charge on any atom is 0.239 e. The minimum atomic E-state index is -0.342. The normalized spacial score (nSPS) is 15.8. The van der Waals surface area contributed by atoms with Crippen molar-refractivity contribution in [1.82, 2.24) is 4.90 Å². The zero-order valence-corrected chi connectivity index (χ0v) is 14.3. The van der Waals surface area contributed by atoms with Gasteiger partial charge in [0.15, 0.2) is 0 Å². The summed E-state index contributed by atoms with van der Waals surface area (Å²) in [5, 5.41) is 0. The molecule has 2 N–H and O–H groups in total. The molecule has 0 saturated carbocycles. The minimum absolute atomic E-state index is 0. The van der Waals surface area contributed by atoms with Gasteiger partial charge in [0, 0.05) is 31.9 Å². The van der Waals surface area contributed by atoms with Crippen LogP contribution in [0.1, 0.15) is 18.9 Å². The lowest BCUT2D eigenvalue weighted by molar-refractivity contribution is -0.132. The molecule has 120 valence electrons. The molecule has 0 aromatic heterocycles. The summed E-state index contributed by atoms with van der Waals surface area (Å²) in [6.45, 7) is 7.34. The zero-order chi connectivity index (χ0) is 13.8. The number of aryl methyl sites for hydroxylation is 1. The van der Waals surface area contributed by atoms with E-state index < -0.39 is 0 Å². The van der Waals surface area contributed by atoms with Gasteiger partial charge in [0.2, 0.25) is 5.91 Å². The zero-order valence-electron chi connectivity index (χ0n) is 12.6. The lowest BCUT2D eigenvalue weighted by atomic mass is 10.1. The largest absolute Gasteiger partial charge is 0.368 e. The molecule has 0 aliphatic carbocycles. The molecule has 1 aliphatic rings. The lowest BCUT2D eigenvalue weighted by Gasteiger charge is -2.37. The Balaban J connectivity index is 0.00000200. The number of benzene rings is 1. The maximum absolute atomic E-state index is 12.0. The summed E-state index contributed by atoms with van der Waals surface area (Å²) in [6, 6.07) is 8.15. The Morgan fingerprint density at radius 2 is 1.86 bits per heavy atom. The van der Waals surface area contributed by atoms with E-state index in [1.165, 1.54) is 11.3 Å².